The van der Waals surface area contributed by atoms with Crippen molar-refractivity contribution in [3.05, 3.63) is 54.1 Å². The van der Waals surface area contributed by atoms with Crippen molar-refractivity contribution in [1.82, 2.24) is 4.90 Å². The van der Waals surface area contributed by atoms with E-state index in [1.165, 1.54) is 11.8 Å². The van der Waals surface area contributed by atoms with Gasteiger partial charge in [-0.1, -0.05) is 18.2 Å². The molecule has 2 aromatic carbocycles. The fourth-order valence-corrected chi connectivity index (χ4v) is 3.41. The van der Waals surface area contributed by atoms with Crippen molar-refractivity contribution in [3.8, 4) is 5.75 Å². The number of carbonyl (C=O) groups is 2. The molecule has 0 spiro atoms. The van der Waals surface area contributed by atoms with Crippen LogP contribution < -0.4 is 10.1 Å². The summed E-state index contributed by atoms with van der Waals surface area (Å²) in [6.07, 6.45) is 0. The van der Waals surface area contributed by atoms with E-state index in [9.17, 15) is 9.59 Å². The monoisotopic (exact) mass is 356 g/mol. The molecule has 6 heteroatoms. The van der Waals surface area contributed by atoms with Gasteiger partial charge in [0.1, 0.15) is 12.4 Å². The zero-order valence-corrected chi connectivity index (χ0v) is 15.0. The van der Waals surface area contributed by atoms with Crippen LogP contribution in [0.1, 0.15) is 17.3 Å². The lowest BCUT2D eigenvalue weighted by Gasteiger charge is -2.23. The number of para-hydroxylation sites is 1. The van der Waals surface area contributed by atoms with Gasteiger partial charge >= 0.3 is 0 Å². The molecule has 0 aliphatic carbocycles. The summed E-state index contributed by atoms with van der Waals surface area (Å²) in [6, 6.07) is 14.9. The Labute approximate surface area is 151 Å². The van der Waals surface area contributed by atoms with E-state index in [4.69, 9.17) is 4.74 Å². The van der Waals surface area contributed by atoms with Crippen molar-refractivity contribution in [3.63, 3.8) is 0 Å². The summed E-state index contributed by atoms with van der Waals surface area (Å²) in [5, 5.41) is 2.73. The highest BCUT2D eigenvalue weighted by Gasteiger charge is 2.24. The normalized spacial score (nSPS) is 15.9. The second kappa shape index (κ2) is 7.61. The van der Waals surface area contributed by atoms with Gasteiger partial charge in [0.05, 0.1) is 17.5 Å². The first-order chi connectivity index (χ1) is 12.0. The van der Waals surface area contributed by atoms with E-state index in [-0.39, 0.29) is 17.1 Å². The van der Waals surface area contributed by atoms with Crippen LogP contribution in [0.3, 0.4) is 0 Å². The molecule has 0 radical (unpaired) electrons. The molecule has 1 unspecified atom stereocenters. The molecule has 2 aromatic rings. The maximum Gasteiger partial charge on any atom is 0.253 e. The van der Waals surface area contributed by atoms with E-state index in [1.807, 2.05) is 43.3 Å². The Hall–Kier alpha value is -2.47. The van der Waals surface area contributed by atoms with E-state index < -0.39 is 0 Å². The molecule has 0 fully saturated rings. The van der Waals surface area contributed by atoms with Crippen molar-refractivity contribution >= 4 is 29.3 Å². The molecule has 3 rings (SSSR count). The number of benzene rings is 2. The van der Waals surface area contributed by atoms with Crippen LogP contribution >= 0.6 is 11.8 Å². The van der Waals surface area contributed by atoms with Gasteiger partial charge in [-0.05, 0) is 37.3 Å². The van der Waals surface area contributed by atoms with E-state index in [2.05, 4.69) is 5.32 Å². The number of hydrogen-bond acceptors (Lipinski definition) is 4. The minimum absolute atomic E-state index is 0.0354. The van der Waals surface area contributed by atoms with Crippen LogP contribution in [0.4, 0.5) is 5.69 Å². The number of rotatable bonds is 5. The molecule has 1 N–H and O–H groups in total. The standard InChI is InChI=1S/C19H20N2O3S/c1-13-18(22)20-16-12-14(8-9-17(16)25-13)19(23)21(2)10-11-24-15-6-4-3-5-7-15/h3-9,12-13H,10-11H2,1-2H3,(H,20,22). The van der Waals surface area contributed by atoms with Gasteiger partial charge in [0, 0.05) is 17.5 Å². The number of nitrogens with one attached hydrogen (secondary N) is 1. The lowest BCUT2D eigenvalue weighted by molar-refractivity contribution is -0.115. The third-order valence-electron chi connectivity index (χ3n) is 3.94. The van der Waals surface area contributed by atoms with Crippen LogP contribution in [0.2, 0.25) is 0 Å². The minimum atomic E-state index is -0.119. The van der Waals surface area contributed by atoms with Crippen LogP contribution in [-0.2, 0) is 4.79 Å². The average Bonchev–Trinajstić information content (AvgIpc) is 2.62. The number of anilines is 1. The summed E-state index contributed by atoms with van der Waals surface area (Å²) in [6.45, 7) is 2.76. The number of ether oxygens (including phenoxy) is 1. The summed E-state index contributed by atoms with van der Waals surface area (Å²) >= 11 is 1.50. The number of carbonyl (C=O) groups excluding carboxylic acids is 2. The van der Waals surface area contributed by atoms with Crippen LogP contribution in [0.25, 0.3) is 0 Å². The van der Waals surface area contributed by atoms with E-state index in [1.54, 1.807) is 24.1 Å². The number of thioether (sulfide) groups is 1. The quantitative estimate of drug-likeness (QED) is 0.893. The topological polar surface area (TPSA) is 58.6 Å². The summed E-state index contributed by atoms with van der Waals surface area (Å²) in [4.78, 5) is 27.0. The molecule has 0 saturated carbocycles. The van der Waals surface area contributed by atoms with Crippen molar-refractivity contribution in [2.24, 2.45) is 0 Å². The molecule has 1 atom stereocenters. The third-order valence-corrected chi connectivity index (χ3v) is 5.12. The number of likely N-dealkylation sites (N-methyl/N-ethyl adjacent to an activating group) is 1. The molecule has 1 aliphatic heterocycles. The molecule has 0 saturated heterocycles. The average molecular weight is 356 g/mol. The Morgan fingerprint density at radius 2 is 2.00 bits per heavy atom. The van der Waals surface area contributed by atoms with Crippen molar-refractivity contribution in [2.45, 2.75) is 17.1 Å². The minimum Gasteiger partial charge on any atom is -0.492 e. The zero-order valence-electron chi connectivity index (χ0n) is 14.2. The Balaban J connectivity index is 1.60. The fourth-order valence-electron chi connectivity index (χ4n) is 2.48. The molecular formula is C19H20N2O3S. The van der Waals surface area contributed by atoms with Gasteiger partial charge in [-0.25, -0.2) is 0 Å². The maximum absolute atomic E-state index is 12.6. The van der Waals surface area contributed by atoms with Gasteiger partial charge in [-0.3, -0.25) is 9.59 Å². The fraction of sp³-hybridized carbons (Fsp3) is 0.263. The van der Waals surface area contributed by atoms with Gasteiger partial charge in [-0.15, -0.1) is 11.8 Å². The van der Waals surface area contributed by atoms with Crippen LogP contribution in [-0.4, -0.2) is 42.2 Å². The Morgan fingerprint density at radius 3 is 2.76 bits per heavy atom. The van der Waals surface area contributed by atoms with Crippen LogP contribution in [0, 0.1) is 0 Å². The summed E-state index contributed by atoms with van der Waals surface area (Å²) in [5.74, 6) is 0.648. The van der Waals surface area contributed by atoms with Crippen LogP contribution in [0.15, 0.2) is 53.4 Å². The number of hydrogen-bond donors (Lipinski definition) is 1. The molecular weight excluding hydrogens is 336 g/mol. The van der Waals surface area contributed by atoms with Crippen molar-refractivity contribution in [2.75, 3.05) is 25.5 Å². The molecule has 25 heavy (non-hydrogen) atoms. The zero-order chi connectivity index (χ0) is 17.8. The highest BCUT2D eigenvalue weighted by molar-refractivity contribution is 8.00. The second-order valence-electron chi connectivity index (χ2n) is 5.85. The molecule has 2 amide bonds. The molecule has 0 aromatic heterocycles. The largest absolute Gasteiger partial charge is 0.492 e. The summed E-state index contributed by atoms with van der Waals surface area (Å²) in [7, 11) is 1.74. The highest BCUT2D eigenvalue weighted by atomic mass is 32.2. The first-order valence-electron chi connectivity index (χ1n) is 8.09. The second-order valence-corrected chi connectivity index (χ2v) is 7.23. The lowest BCUT2D eigenvalue weighted by Crippen LogP contribution is -2.31. The van der Waals surface area contributed by atoms with Crippen LogP contribution in [0.5, 0.6) is 5.75 Å². The van der Waals surface area contributed by atoms with Crippen molar-refractivity contribution < 1.29 is 14.3 Å². The third kappa shape index (κ3) is 4.14. The Bertz CT molecular complexity index is 779. The number of nitrogens with zero attached hydrogens (tertiary/aromatic N) is 1. The smallest absolute Gasteiger partial charge is 0.253 e. The first kappa shape index (κ1) is 17.4. The maximum atomic E-state index is 12.6. The van der Waals surface area contributed by atoms with E-state index in [0.29, 0.717) is 24.4 Å². The molecule has 1 heterocycles. The molecule has 0 bridgehead atoms. The van der Waals surface area contributed by atoms with Gasteiger partial charge in [-0.2, -0.15) is 0 Å². The van der Waals surface area contributed by atoms with Gasteiger partial charge < -0.3 is 15.0 Å². The number of fused-ring (bicyclic) bond motifs is 1. The summed E-state index contributed by atoms with van der Waals surface area (Å²) < 4.78 is 5.62. The van der Waals surface area contributed by atoms with Crippen molar-refractivity contribution in [1.29, 1.82) is 0 Å². The predicted octanol–water partition coefficient (Wildman–Crippen LogP) is 3.27. The SMILES string of the molecule is CC1Sc2ccc(C(=O)N(C)CCOc3ccccc3)cc2NC1=O. The lowest BCUT2D eigenvalue weighted by atomic mass is 10.1. The molecule has 130 valence electrons. The first-order valence-corrected chi connectivity index (χ1v) is 8.97. The Morgan fingerprint density at radius 1 is 1.24 bits per heavy atom. The molecule has 5 nitrogen and oxygen atoms in total. The Kier molecular flexibility index (Phi) is 5.28. The van der Waals surface area contributed by atoms with Gasteiger partial charge in [0.15, 0.2) is 0 Å². The highest BCUT2D eigenvalue weighted by Crippen LogP contribution is 2.36. The number of amides is 2. The van der Waals surface area contributed by atoms with E-state index in [0.717, 1.165) is 10.6 Å². The van der Waals surface area contributed by atoms with Gasteiger partial charge in [0.25, 0.3) is 5.91 Å². The van der Waals surface area contributed by atoms with E-state index >= 15 is 0 Å². The summed E-state index contributed by atoms with van der Waals surface area (Å²) in [5.41, 5.74) is 1.25. The van der Waals surface area contributed by atoms with Gasteiger partial charge in [0.2, 0.25) is 5.91 Å². The predicted molar refractivity (Wildman–Crippen MR) is 99.3 cm³/mol. The molecule has 1 aliphatic rings.